The predicted molar refractivity (Wildman–Crippen MR) is 115 cm³/mol. The Bertz CT molecular complexity index is 979. The molecule has 0 bridgehead atoms. The number of rotatable bonds is 2. The van der Waals surface area contributed by atoms with Crippen molar-refractivity contribution in [3.63, 3.8) is 0 Å². The number of hydrogen-bond donors (Lipinski definition) is 3. The molecule has 28 heavy (non-hydrogen) atoms. The van der Waals surface area contributed by atoms with Gasteiger partial charge >= 0.3 is 0 Å². The molecule has 6 nitrogen and oxygen atoms in total. The lowest BCUT2D eigenvalue weighted by molar-refractivity contribution is 0.305. The molecule has 2 aliphatic rings. The van der Waals surface area contributed by atoms with Crippen LogP contribution in [0.25, 0.3) is 11.1 Å². The van der Waals surface area contributed by atoms with Gasteiger partial charge in [-0.25, -0.2) is 4.99 Å². The van der Waals surface area contributed by atoms with E-state index in [-0.39, 0.29) is 17.7 Å². The van der Waals surface area contributed by atoms with Gasteiger partial charge in [0.05, 0.1) is 10.7 Å². The van der Waals surface area contributed by atoms with Gasteiger partial charge < -0.3 is 16.6 Å². The molecular formula is C21H24ClN5O. The Morgan fingerprint density at radius 1 is 1.04 bits per heavy atom. The molecule has 0 saturated heterocycles. The molecule has 0 unspecified atom stereocenters. The monoisotopic (exact) mass is 397 g/mol. The quantitative estimate of drug-likeness (QED) is 0.709. The van der Waals surface area contributed by atoms with Gasteiger partial charge in [-0.2, -0.15) is 4.99 Å². The second-order valence-electron chi connectivity index (χ2n) is 7.43. The molecule has 146 valence electrons. The Hall–Kier alpha value is -2.73. The Kier molecular flexibility index (Phi) is 4.67. The lowest BCUT2D eigenvalue weighted by Gasteiger charge is -2.46. The van der Waals surface area contributed by atoms with Crippen LogP contribution in [0.2, 0.25) is 5.02 Å². The first kappa shape index (κ1) is 18.6. The molecule has 1 fully saturated rings. The SMILES string of the molecule is Cc1cccc(-c2cccc(Cl)c2N2C(N)=NC(N)=NC23CCCCC3)c1O. The minimum atomic E-state index is -0.604. The zero-order valence-corrected chi connectivity index (χ0v) is 16.6. The number of anilines is 1. The lowest BCUT2D eigenvalue weighted by atomic mass is 9.86. The summed E-state index contributed by atoms with van der Waals surface area (Å²) in [5, 5.41) is 11.2. The van der Waals surface area contributed by atoms with Crippen molar-refractivity contribution in [2.24, 2.45) is 21.5 Å². The van der Waals surface area contributed by atoms with E-state index in [1.807, 2.05) is 48.2 Å². The molecular weight excluding hydrogens is 374 g/mol. The molecule has 0 atom stereocenters. The van der Waals surface area contributed by atoms with Gasteiger partial charge in [-0.05, 0) is 44.2 Å². The van der Waals surface area contributed by atoms with Crippen molar-refractivity contribution in [1.29, 1.82) is 0 Å². The molecule has 0 aromatic heterocycles. The van der Waals surface area contributed by atoms with Crippen LogP contribution in [0.3, 0.4) is 0 Å². The van der Waals surface area contributed by atoms with Crippen molar-refractivity contribution in [3.8, 4) is 16.9 Å². The number of para-hydroxylation sites is 2. The van der Waals surface area contributed by atoms with Crippen LogP contribution in [-0.2, 0) is 0 Å². The van der Waals surface area contributed by atoms with Gasteiger partial charge in [-0.3, -0.25) is 4.90 Å². The minimum Gasteiger partial charge on any atom is -0.507 e. The molecule has 7 heteroatoms. The summed E-state index contributed by atoms with van der Waals surface area (Å²) in [6, 6.07) is 11.3. The number of phenolic OH excluding ortho intramolecular Hbond substituents is 1. The molecule has 1 spiro atoms. The number of guanidine groups is 2. The summed E-state index contributed by atoms with van der Waals surface area (Å²) in [5.74, 6) is 0.692. The van der Waals surface area contributed by atoms with Crippen molar-refractivity contribution in [2.75, 3.05) is 4.90 Å². The average molecular weight is 398 g/mol. The van der Waals surface area contributed by atoms with Gasteiger partial charge in [-0.1, -0.05) is 48.4 Å². The number of nitrogens with zero attached hydrogens (tertiary/aromatic N) is 3. The summed E-state index contributed by atoms with van der Waals surface area (Å²) in [6.45, 7) is 1.87. The largest absolute Gasteiger partial charge is 0.507 e. The smallest absolute Gasteiger partial charge is 0.220 e. The van der Waals surface area contributed by atoms with Crippen molar-refractivity contribution >= 4 is 29.2 Å². The molecule has 1 aliphatic carbocycles. The van der Waals surface area contributed by atoms with E-state index in [0.717, 1.165) is 43.2 Å². The van der Waals surface area contributed by atoms with Gasteiger partial charge in [0.2, 0.25) is 11.9 Å². The second kappa shape index (κ2) is 7.02. The fourth-order valence-electron chi connectivity index (χ4n) is 4.28. The first-order chi connectivity index (χ1) is 13.4. The van der Waals surface area contributed by atoms with E-state index >= 15 is 0 Å². The van der Waals surface area contributed by atoms with Crippen molar-refractivity contribution in [1.82, 2.24) is 0 Å². The number of nitrogens with two attached hydrogens (primary N) is 2. The number of aromatic hydroxyl groups is 1. The molecule has 1 saturated carbocycles. The molecule has 0 amide bonds. The van der Waals surface area contributed by atoms with Crippen LogP contribution in [0.5, 0.6) is 5.75 Å². The maximum atomic E-state index is 10.7. The third-order valence-electron chi connectivity index (χ3n) is 5.59. The van der Waals surface area contributed by atoms with Gasteiger partial charge in [0.1, 0.15) is 11.4 Å². The zero-order chi connectivity index (χ0) is 19.9. The fraction of sp³-hybridized carbons (Fsp3) is 0.333. The number of phenols is 1. The number of hydrogen-bond acceptors (Lipinski definition) is 6. The maximum Gasteiger partial charge on any atom is 0.220 e. The summed E-state index contributed by atoms with van der Waals surface area (Å²) >= 11 is 6.70. The molecule has 5 N–H and O–H groups in total. The van der Waals surface area contributed by atoms with E-state index in [1.165, 1.54) is 0 Å². The van der Waals surface area contributed by atoms with Crippen LogP contribution in [-0.4, -0.2) is 22.7 Å². The van der Waals surface area contributed by atoms with E-state index in [1.54, 1.807) is 0 Å². The average Bonchev–Trinajstić information content (AvgIpc) is 2.65. The van der Waals surface area contributed by atoms with Gasteiger partial charge in [0, 0.05) is 11.1 Å². The highest BCUT2D eigenvalue weighted by Gasteiger charge is 2.44. The number of halogens is 1. The molecule has 1 aliphatic heterocycles. The van der Waals surface area contributed by atoms with Gasteiger partial charge in [0.25, 0.3) is 0 Å². The topological polar surface area (TPSA) is 100 Å². The highest BCUT2D eigenvalue weighted by Crippen LogP contribution is 2.47. The summed E-state index contributed by atoms with van der Waals surface area (Å²) in [7, 11) is 0. The van der Waals surface area contributed by atoms with E-state index in [4.69, 9.17) is 28.1 Å². The fourth-order valence-corrected chi connectivity index (χ4v) is 4.54. The van der Waals surface area contributed by atoms with E-state index in [2.05, 4.69) is 4.99 Å². The number of aliphatic imine (C=N–C) groups is 2. The second-order valence-corrected chi connectivity index (χ2v) is 7.83. The minimum absolute atomic E-state index is 0.197. The van der Waals surface area contributed by atoms with Crippen LogP contribution in [0.1, 0.15) is 37.7 Å². The Balaban J connectivity index is 1.96. The van der Waals surface area contributed by atoms with Crippen molar-refractivity contribution in [3.05, 3.63) is 47.0 Å². The lowest BCUT2D eigenvalue weighted by Crippen LogP contribution is -2.58. The number of aryl methyl sites for hydroxylation is 1. The Morgan fingerprint density at radius 3 is 2.46 bits per heavy atom. The van der Waals surface area contributed by atoms with E-state index in [9.17, 15) is 5.11 Å². The van der Waals surface area contributed by atoms with Crippen LogP contribution in [0, 0.1) is 6.92 Å². The van der Waals surface area contributed by atoms with Crippen molar-refractivity contribution in [2.45, 2.75) is 44.7 Å². The van der Waals surface area contributed by atoms with Crippen LogP contribution in [0.4, 0.5) is 5.69 Å². The standard InChI is InChI=1S/C21H24ClN5O/c1-13-7-5-9-15(18(13)28)14-8-6-10-16(22)17(14)27-20(24)25-19(23)26-21(27)11-3-2-4-12-21/h5-10,28H,2-4,11-12H2,1H3,(H4,23,24,25,26). The normalized spacial score (nSPS) is 18.7. The molecule has 4 rings (SSSR count). The predicted octanol–water partition coefficient (Wildman–Crippen LogP) is 4.13. The molecule has 0 radical (unpaired) electrons. The summed E-state index contributed by atoms with van der Waals surface area (Å²) in [4.78, 5) is 10.9. The third-order valence-corrected chi connectivity index (χ3v) is 5.89. The van der Waals surface area contributed by atoms with Crippen molar-refractivity contribution < 1.29 is 5.11 Å². The maximum absolute atomic E-state index is 10.7. The highest BCUT2D eigenvalue weighted by molar-refractivity contribution is 6.35. The number of benzene rings is 2. The third kappa shape index (κ3) is 2.98. The van der Waals surface area contributed by atoms with E-state index < -0.39 is 5.66 Å². The van der Waals surface area contributed by atoms with Crippen LogP contribution >= 0.6 is 11.6 Å². The molecule has 2 aromatic carbocycles. The van der Waals surface area contributed by atoms with Crippen LogP contribution < -0.4 is 16.4 Å². The first-order valence-corrected chi connectivity index (χ1v) is 9.88. The van der Waals surface area contributed by atoms with E-state index in [0.29, 0.717) is 16.3 Å². The highest BCUT2D eigenvalue weighted by atomic mass is 35.5. The molecule has 1 heterocycles. The Morgan fingerprint density at radius 2 is 1.71 bits per heavy atom. The molecule has 2 aromatic rings. The van der Waals surface area contributed by atoms with Crippen LogP contribution in [0.15, 0.2) is 46.4 Å². The summed E-state index contributed by atoms with van der Waals surface area (Å²) in [5.41, 5.74) is 14.7. The zero-order valence-electron chi connectivity index (χ0n) is 15.8. The summed E-state index contributed by atoms with van der Waals surface area (Å²) < 4.78 is 0. The van der Waals surface area contributed by atoms with Gasteiger partial charge in [0.15, 0.2) is 0 Å². The summed E-state index contributed by atoms with van der Waals surface area (Å²) in [6.07, 6.45) is 4.82. The first-order valence-electron chi connectivity index (χ1n) is 9.50. The van der Waals surface area contributed by atoms with Gasteiger partial charge in [-0.15, -0.1) is 0 Å². The Labute approximate surface area is 169 Å².